The maximum atomic E-state index is 11.6. The van der Waals surface area contributed by atoms with Crippen molar-refractivity contribution in [3.05, 3.63) is 29.3 Å². The van der Waals surface area contributed by atoms with Crippen molar-refractivity contribution in [3.8, 4) is 5.75 Å². The number of benzene rings is 1. The fourth-order valence-corrected chi connectivity index (χ4v) is 1.71. The van der Waals surface area contributed by atoms with Crippen LogP contribution in [0.5, 0.6) is 5.75 Å². The van der Waals surface area contributed by atoms with Crippen LogP contribution in [0.4, 0.5) is 0 Å². The highest BCUT2D eigenvalue weighted by molar-refractivity contribution is 5.77. The number of rotatable bonds is 6. The van der Waals surface area contributed by atoms with Crippen LogP contribution in [0, 0.1) is 13.8 Å². The van der Waals surface area contributed by atoms with Crippen LogP contribution >= 0.6 is 0 Å². The molecule has 0 radical (unpaired) electrons. The van der Waals surface area contributed by atoms with E-state index in [1.54, 1.807) is 0 Å². The molecule has 4 heteroatoms. The molecule has 2 N–H and O–H groups in total. The molecule has 0 bridgehead atoms. The van der Waals surface area contributed by atoms with Crippen molar-refractivity contribution in [2.45, 2.75) is 33.2 Å². The molecule has 0 aliphatic carbocycles. The van der Waals surface area contributed by atoms with E-state index in [0.717, 1.165) is 16.9 Å². The number of nitrogens with one attached hydrogen (secondary N) is 1. The smallest absolute Gasteiger partial charge is 0.258 e. The standard InChI is InChI=1S/C14H21NO3/c1-4-12(8-16)15-13(17)9-18-14-10(2)6-5-7-11(14)3/h5-7,12,16H,4,8-9H2,1-3H3,(H,15,17). The van der Waals surface area contributed by atoms with Crippen molar-refractivity contribution in [2.75, 3.05) is 13.2 Å². The van der Waals surface area contributed by atoms with Crippen molar-refractivity contribution in [1.82, 2.24) is 5.32 Å². The molecule has 0 heterocycles. The summed E-state index contributed by atoms with van der Waals surface area (Å²) in [5.74, 6) is 0.545. The van der Waals surface area contributed by atoms with Gasteiger partial charge in [0.2, 0.25) is 0 Å². The second-order valence-electron chi connectivity index (χ2n) is 4.36. The maximum Gasteiger partial charge on any atom is 0.258 e. The Morgan fingerprint density at radius 3 is 2.50 bits per heavy atom. The summed E-state index contributed by atoms with van der Waals surface area (Å²) >= 11 is 0. The van der Waals surface area contributed by atoms with Crippen LogP contribution in [0.25, 0.3) is 0 Å². The number of hydrogen-bond donors (Lipinski definition) is 2. The van der Waals surface area contributed by atoms with Crippen LogP contribution in [0.1, 0.15) is 24.5 Å². The quantitative estimate of drug-likeness (QED) is 0.807. The lowest BCUT2D eigenvalue weighted by atomic mass is 10.1. The zero-order valence-electron chi connectivity index (χ0n) is 11.2. The first-order valence-electron chi connectivity index (χ1n) is 6.17. The fraction of sp³-hybridized carbons (Fsp3) is 0.500. The molecule has 0 saturated heterocycles. The molecule has 1 unspecified atom stereocenters. The highest BCUT2D eigenvalue weighted by atomic mass is 16.5. The van der Waals surface area contributed by atoms with E-state index < -0.39 is 0 Å². The molecule has 1 rings (SSSR count). The Bertz CT molecular complexity index is 380. The fourth-order valence-electron chi connectivity index (χ4n) is 1.71. The first-order valence-corrected chi connectivity index (χ1v) is 6.17. The van der Waals surface area contributed by atoms with Crippen LogP contribution in [0.15, 0.2) is 18.2 Å². The normalized spacial score (nSPS) is 12.0. The van der Waals surface area contributed by atoms with Gasteiger partial charge in [-0.15, -0.1) is 0 Å². The van der Waals surface area contributed by atoms with Gasteiger partial charge in [0.1, 0.15) is 5.75 Å². The predicted octanol–water partition coefficient (Wildman–Crippen LogP) is 1.57. The van der Waals surface area contributed by atoms with Gasteiger partial charge in [-0.2, -0.15) is 0 Å². The summed E-state index contributed by atoms with van der Waals surface area (Å²) in [6, 6.07) is 5.65. The lowest BCUT2D eigenvalue weighted by molar-refractivity contribution is -0.124. The van der Waals surface area contributed by atoms with Crippen molar-refractivity contribution in [2.24, 2.45) is 0 Å². The summed E-state index contributed by atoms with van der Waals surface area (Å²) in [7, 11) is 0. The number of amides is 1. The SMILES string of the molecule is CCC(CO)NC(=O)COc1c(C)cccc1C. The van der Waals surface area contributed by atoms with Crippen LogP contribution in [0.3, 0.4) is 0 Å². The van der Waals surface area contributed by atoms with Gasteiger partial charge in [0.15, 0.2) is 6.61 Å². The van der Waals surface area contributed by atoms with Gasteiger partial charge in [-0.3, -0.25) is 4.79 Å². The molecule has 1 amide bonds. The second-order valence-corrected chi connectivity index (χ2v) is 4.36. The average molecular weight is 251 g/mol. The Labute approximate surface area is 108 Å². The number of aliphatic hydroxyl groups excluding tert-OH is 1. The Balaban J connectivity index is 2.52. The topological polar surface area (TPSA) is 58.6 Å². The molecule has 1 atom stereocenters. The predicted molar refractivity (Wildman–Crippen MR) is 70.7 cm³/mol. The number of para-hydroxylation sites is 1. The molecular weight excluding hydrogens is 230 g/mol. The zero-order chi connectivity index (χ0) is 13.5. The highest BCUT2D eigenvalue weighted by Gasteiger charge is 2.11. The van der Waals surface area contributed by atoms with Gasteiger partial charge in [-0.1, -0.05) is 25.1 Å². The van der Waals surface area contributed by atoms with Gasteiger partial charge >= 0.3 is 0 Å². The van der Waals surface area contributed by atoms with Crippen LogP contribution in [-0.4, -0.2) is 30.3 Å². The minimum absolute atomic E-state index is 0.0256. The van der Waals surface area contributed by atoms with Gasteiger partial charge in [0, 0.05) is 0 Å². The van der Waals surface area contributed by atoms with Gasteiger partial charge in [0.25, 0.3) is 5.91 Å². The summed E-state index contributed by atoms with van der Waals surface area (Å²) in [5.41, 5.74) is 2.02. The summed E-state index contributed by atoms with van der Waals surface area (Å²) in [4.78, 5) is 11.6. The first kappa shape index (κ1) is 14.5. The first-order chi connectivity index (χ1) is 8.58. The molecule has 18 heavy (non-hydrogen) atoms. The van der Waals surface area contributed by atoms with Gasteiger partial charge in [0.05, 0.1) is 12.6 Å². The number of aryl methyl sites for hydroxylation is 2. The monoisotopic (exact) mass is 251 g/mol. The minimum atomic E-state index is -0.210. The van der Waals surface area contributed by atoms with E-state index in [0.29, 0.717) is 6.42 Å². The zero-order valence-corrected chi connectivity index (χ0v) is 11.2. The summed E-state index contributed by atoms with van der Waals surface area (Å²) in [6.45, 7) is 5.73. The van der Waals surface area contributed by atoms with E-state index in [-0.39, 0.29) is 25.2 Å². The highest BCUT2D eigenvalue weighted by Crippen LogP contribution is 2.21. The molecule has 0 aliphatic heterocycles. The van der Waals surface area contributed by atoms with Gasteiger partial charge in [-0.25, -0.2) is 0 Å². The van der Waals surface area contributed by atoms with Crippen molar-refractivity contribution in [3.63, 3.8) is 0 Å². The molecule has 0 aromatic heterocycles. The lowest BCUT2D eigenvalue weighted by Crippen LogP contribution is -2.39. The van der Waals surface area contributed by atoms with Crippen LogP contribution in [-0.2, 0) is 4.79 Å². The third-order valence-corrected chi connectivity index (χ3v) is 2.83. The molecule has 0 aliphatic rings. The molecule has 0 fully saturated rings. The largest absolute Gasteiger partial charge is 0.483 e. The van der Waals surface area contributed by atoms with Gasteiger partial charge in [-0.05, 0) is 31.4 Å². The van der Waals surface area contributed by atoms with Crippen LogP contribution < -0.4 is 10.1 Å². The molecule has 1 aromatic rings. The lowest BCUT2D eigenvalue weighted by Gasteiger charge is -2.15. The summed E-state index contributed by atoms with van der Waals surface area (Å²) in [5, 5.41) is 11.7. The number of aliphatic hydroxyl groups is 1. The molecular formula is C14H21NO3. The van der Waals surface area contributed by atoms with E-state index in [1.165, 1.54) is 0 Å². The number of hydrogen-bond acceptors (Lipinski definition) is 3. The molecule has 100 valence electrons. The number of ether oxygens (including phenoxy) is 1. The Hall–Kier alpha value is -1.55. The Morgan fingerprint density at radius 2 is 2.00 bits per heavy atom. The molecule has 4 nitrogen and oxygen atoms in total. The van der Waals surface area contributed by atoms with Crippen molar-refractivity contribution in [1.29, 1.82) is 0 Å². The van der Waals surface area contributed by atoms with Crippen molar-refractivity contribution < 1.29 is 14.6 Å². The van der Waals surface area contributed by atoms with Crippen LogP contribution in [0.2, 0.25) is 0 Å². The van der Waals surface area contributed by atoms with E-state index >= 15 is 0 Å². The Kier molecular flexibility index (Phi) is 5.65. The Morgan fingerprint density at radius 1 is 1.39 bits per heavy atom. The van der Waals surface area contributed by atoms with E-state index in [2.05, 4.69) is 5.32 Å². The third-order valence-electron chi connectivity index (χ3n) is 2.83. The number of carbonyl (C=O) groups excluding carboxylic acids is 1. The van der Waals surface area contributed by atoms with E-state index in [1.807, 2.05) is 39.0 Å². The minimum Gasteiger partial charge on any atom is -0.483 e. The molecule has 0 spiro atoms. The average Bonchev–Trinajstić information content (AvgIpc) is 2.35. The number of carbonyl (C=O) groups is 1. The van der Waals surface area contributed by atoms with Gasteiger partial charge < -0.3 is 15.2 Å². The molecule has 1 aromatic carbocycles. The van der Waals surface area contributed by atoms with E-state index in [9.17, 15) is 4.79 Å². The summed E-state index contributed by atoms with van der Waals surface area (Å²) < 4.78 is 5.53. The summed E-state index contributed by atoms with van der Waals surface area (Å²) in [6.07, 6.45) is 0.700. The maximum absolute atomic E-state index is 11.6. The van der Waals surface area contributed by atoms with E-state index in [4.69, 9.17) is 9.84 Å². The third kappa shape index (κ3) is 4.04. The van der Waals surface area contributed by atoms with Crippen molar-refractivity contribution >= 4 is 5.91 Å². The molecule has 0 saturated carbocycles. The second kappa shape index (κ2) is 7.01.